The zero-order chi connectivity index (χ0) is 16.8. The van der Waals surface area contributed by atoms with Crippen molar-refractivity contribution in [2.24, 2.45) is 0 Å². The maximum Gasteiger partial charge on any atom is 0.387 e. The van der Waals surface area contributed by atoms with E-state index in [1.165, 1.54) is 27.7 Å². The molecule has 7 heteroatoms. The van der Waals surface area contributed by atoms with Gasteiger partial charge in [-0.05, 0) is 23.8 Å². The fourth-order valence-corrected chi connectivity index (χ4v) is 2.00. The predicted octanol–water partition coefficient (Wildman–Crippen LogP) is 2.11. The summed E-state index contributed by atoms with van der Waals surface area (Å²) in [6.45, 7) is -2.62. The van der Waals surface area contributed by atoms with Gasteiger partial charge in [-0.3, -0.25) is 9.59 Å². The Morgan fingerprint density at radius 3 is 2.52 bits per heavy atom. The SMILES string of the molecule is CN(Cc1ccc(OC(F)F)cc1)C(=O)Cn1ccccc1=O. The predicted molar refractivity (Wildman–Crippen MR) is 80.3 cm³/mol. The van der Waals surface area contributed by atoms with Crippen LogP contribution < -0.4 is 10.3 Å². The monoisotopic (exact) mass is 322 g/mol. The molecule has 1 aromatic heterocycles. The standard InChI is InChI=1S/C16H16F2N2O3/c1-19(15(22)11-20-9-3-2-4-14(20)21)10-12-5-7-13(8-6-12)23-16(17)18/h2-9,16H,10-11H2,1H3. The summed E-state index contributed by atoms with van der Waals surface area (Å²) in [6.07, 6.45) is 1.55. The molecule has 122 valence electrons. The minimum atomic E-state index is -2.87. The molecule has 23 heavy (non-hydrogen) atoms. The van der Waals surface area contributed by atoms with Crippen LogP contribution in [0.3, 0.4) is 0 Å². The molecule has 1 amide bonds. The molecule has 0 aliphatic carbocycles. The first-order valence-corrected chi connectivity index (χ1v) is 6.89. The molecule has 0 aliphatic rings. The van der Waals surface area contributed by atoms with Crippen molar-refractivity contribution in [3.05, 3.63) is 64.6 Å². The van der Waals surface area contributed by atoms with Gasteiger partial charge in [0, 0.05) is 25.9 Å². The van der Waals surface area contributed by atoms with Crippen LogP contribution in [0.4, 0.5) is 8.78 Å². The van der Waals surface area contributed by atoms with E-state index in [1.807, 2.05) is 0 Å². The maximum absolute atomic E-state index is 12.1. The van der Waals surface area contributed by atoms with Crippen molar-refractivity contribution >= 4 is 5.91 Å². The summed E-state index contributed by atoms with van der Waals surface area (Å²) in [5, 5.41) is 0. The van der Waals surface area contributed by atoms with Gasteiger partial charge in [0.05, 0.1) is 0 Å². The van der Waals surface area contributed by atoms with Gasteiger partial charge in [-0.1, -0.05) is 18.2 Å². The molecule has 0 N–H and O–H groups in total. The molecule has 5 nitrogen and oxygen atoms in total. The van der Waals surface area contributed by atoms with Crippen molar-refractivity contribution in [1.82, 2.24) is 9.47 Å². The Hall–Kier alpha value is -2.70. The molecule has 0 fully saturated rings. The number of rotatable bonds is 6. The fourth-order valence-electron chi connectivity index (χ4n) is 2.00. The Morgan fingerprint density at radius 2 is 1.91 bits per heavy atom. The van der Waals surface area contributed by atoms with E-state index >= 15 is 0 Å². The molecule has 0 bridgehead atoms. The number of halogens is 2. The Kier molecular flexibility index (Phi) is 5.46. The average Bonchev–Trinajstić information content (AvgIpc) is 2.51. The molecule has 0 radical (unpaired) electrons. The van der Waals surface area contributed by atoms with Crippen LogP contribution in [0.2, 0.25) is 0 Å². The van der Waals surface area contributed by atoms with Crippen LogP contribution in [0.25, 0.3) is 0 Å². The molecule has 0 unspecified atom stereocenters. The summed E-state index contributed by atoms with van der Waals surface area (Å²) >= 11 is 0. The quantitative estimate of drug-likeness (QED) is 0.818. The highest BCUT2D eigenvalue weighted by Crippen LogP contribution is 2.15. The number of carbonyl (C=O) groups is 1. The summed E-state index contributed by atoms with van der Waals surface area (Å²) in [5.41, 5.74) is 0.519. The first-order chi connectivity index (χ1) is 11.0. The third kappa shape index (κ3) is 4.91. The van der Waals surface area contributed by atoms with Crippen LogP contribution in [0, 0.1) is 0 Å². The Bertz CT molecular complexity index is 714. The van der Waals surface area contributed by atoms with E-state index in [0.29, 0.717) is 6.54 Å². The lowest BCUT2D eigenvalue weighted by Crippen LogP contribution is -2.33. The van der Waals surface area contributed by atoms with Crippen LogP contribution in [0.15, 0.2) is 53.5 Å². The summed E-state index contributed by atoms with van der Waals surface area (Å²) in [7, 11) is 1.61. The number of nitrogens with zero attached hydrogens (tertiary/aromatic N) is 2. The van der Waals surface area contributed by atoms with Crippen molar-refractivity contribution in [2.45, 2.75) is 19.7 Å². The van der Waals surface area contributed by atoms with Crippen LogP contribution in [-0.4, -0.2) is 29.0 Å². The van der Waals surface area contributed by atoms with Gasteiger partial charge in [0.15, 0.2) is 0 Å². The first-order valence-electron chi connectivity index (χ1n) is 6.89. The Balaban J connectivity index is 1.95. The number of hydrogen-bond acceptors (Lipinski definition) is 3. The van der Waals surface area contributed by atoms with E-state index in [1.54, 1.807) is 37.5 Å². The van der Waals surface area contributed by atoms with E-state index in [4.69, 9.17) is 0 Å². The second kappa shape index (κ2) is 7.53. The van der Waals surface area contributed by atoms with E-state index in [2.05, 4.69) is 4.74 Å². The van der Waals surface area contributed by atoms with Gasteiger partial charge >= 0.3 is 6.61 Å². The highest BCUT2D eigenvalue weighted by atomic mass is 19.3. The van der Waals surface area contributed by atoms with Crippen molar-refractivity contribution in [1.29, 1.82) is 0 Å². The topological polar surface area (TPSA) is 51.5 Å². The smallest absolute Gasteiger partial charge is 0.387 e. The van der Waals surface area contributed by atoms with E-state index in [-0.39, 0.29) is 23.8 Å². The molecule has 0 spiro atoms. The zero-order valence-corrected chi connectivity index (χ0v) is 12.5. The number of likely N-dealkylation sites (N-methyl/N-ethyl adjacent to an activating group) is 1. The number of hydrogen-bond donors (Lipinski definition) is 0. The Labute approximate surface area is 131 Å². The lowest BCUT2D eigenvalue weighted by atomic mass is 10.2. The number of benzene rings is 1. The minimum Gasteiger partial charge on any atom is -0.435 e. The van der Waals surface area contributed by atoms with Crippen LogP contribution in [0.5, 0.6) is 5.75 Å². The van der Waals surface area contributed by atoms with Crippen molar-refractivity contribution in [2.75, 3.05) is 7.05 Å². The summed E-state index contributed by atoms with van der Waals surface area (Å²) in [5.74, 6) is -0.167. The second-order valence-corrected chi connectivity index (χ2v) is 4.94. The van der Waals surface area contributed by atoms with Gasteiger partial charge < -0.3 is 14.2 Å². The average molecular weight is 322 g/mol. The van der Waals surface area contributed by atoms with E-state index < -0.39 is 6.61 Å². The molecular weight excluding hydrogens is 306 g/mol. The number of ether oxygens (including phenoxy) is 1. The number of aromatic nitrogens is 1. The van der Waals surface area contributed by atoms with Gasteiger partial charge in [0.25, 0.3) is 5.56 Å². The molecular formula is C16H16F2N2O3. The molecule has 0 aliphatic heterocycles. The molecule has 2 aromatic rings. The molecule has 1 heterocycles. The number of amides is 1. The van der Waals surface area contributed by atoms with Gasteiger partial charge in [0.2, 0.25) is 5.91 Å². The summed E-state index contributed by atoms with van der Waals surface area (Å²) in [6, 6.07) is 10.7. The minimum absolute atomic E-state index is 0.0528. The zero-order valence-electron chi connectivity index (χ0n) is 12.5. The Morgan fingerprint density at radius 1 is 1.22 bits per heavy atom. The van der Waals surface area contributed by atoms with E-state index in [0.717, 1.165) is 5.56 Å². The number of pyridine rings is 1. The van der Waals surface area contributed by atoms with Crippen LogP contribution in [0.1, 0.15) is 5.56 Å². The van der Waals surface area contributed by atoms with Gasteiger partial charge in [0.1, 0.15) is 12.3 Å². The number of carbonyl (C=O) groups excluding carboxylic acids is 1. The summed E-state index contributed by atoms with van der Waals surface area (Å²) in [4.78, 5) is 25.2. The normalized spacial score (nSPS) is 10.6. The third-order valence-corrected chi connectivity index (χ3v) is 3.20. The molecule has 1 aromatic carbocycles. The van der Waals surface area contributed by atoms with E-state index in [9.17, 15) is 18.4 Å². The lowest BCUT2D eigenvalue weighted by molar-refractivity contribution is -0.131. The third-order valence-electron chi connectivity index (χ3n) is 3.20. The van der Waals surface area contributed by atoms with Gasteiger partial charge in [-0.25, -0.2) is 0 Å². The van der Waals surface area contributed by atoms with Crippen molar-refractivity contribution in [3.63, 3.8) is 0 Å². The van der Waals surface area contributed by atoms with Crippen molar-refractivity contribution in [3.8, 4) is 5.75 Å². The largest absolute Gasteiger partial charge is 0.435 e. The highest BCUT2D eigenvalue weighted by molar-refractivity contribution is 5.75. The second-order valence-electron chi connectivity index (χ2n) is 4.94. The maximum atomic E-state index is 12.1. The van der Waals surface area contributed by atoms with Crippen molar-refractivity contribution < 1.29 is 18.3 Å². The highest BCUT2D eigenvalue weighted by Gasteiger charge is 2.11. The first kappa shape index (κ1) is 16.7. The van der Waals surface area contributed by atoms with Crippen LogP contribution in [-0.2, 0) is 17.9 Å². The molecule has 2 rings (SSSR count). The number of alkyl halides is 2. The lowest BCUT2D eigenvalue weighted by Gasteiger charge is -2.18. The molecule has 0 atom stereocenters. The van der Waals surface area contributed by atoms with Gasteiger partial charge in [-0.2, -0.15) is 8.78 Å². The molecule has 0 saturated carbocycles. The van der Waals surface area contributed by atoms with Crippen LogP contribution >= 0.6 is 0 Å². The summed E-state index contributed by atoms with van der Waals surface area (Å²) < 4.78 is 29.7. The van der Waals surface area contributed by atoms with Gasteiger partial charge in [-0.15, -0.1) is 0 Å². The molecule has 0 saturated heterocycles. The fraction of sp³-hybridized carbons (Fsp3) is 0.250.